The summed E-state index contributed by atoms with van der Waals surface area (Å²) >= 11 is 0. The number of nitrogens with one attached hydrogen (secondary N) is 1. The minimum Gasteiger partial charge on any atom is -0.494 e. The van der Waals surface area contributed by atoms with E-state index in [1.54, 1.807) is 42.5 Å². The molecule has 0 aliphatic heterocycles. The number of amides is 2. The molecule has 0 bridgehead atoms. The number of para-hydroxylation sites is 1. The molecular weight excluding hydrogens is 526 g/mol. The first kappa shape index (κ1) is 30.7. The molecule has 0 fully saturated rings. The molecule has 214 valence electrons. The summed E-state index contributed by atoms with van der Waals surface area (Å²) in [5.41, 5.74) is 1.19. The Bertz CT molecular complexity index is 1330. The fourth-order valence-electron chi connectivity index (χ4n) is 4.25. The van der Waals surface area contributed by atoms with Gasteiger partial charge in [0.15, 0.2) is 0 Å². The molecule has 0 saturated heterocycles. The van der Waals surface area contributed by atoms with Crippen LogP contribution in [-0.4, -0.2) is 50.9 Å². The van der Waals surface area contributed by atoms with E-state index >= 15 is 0 Å². The predicted molar refractivity (Wildman–Crippen MR) is 158 cm³/mol. The maximum Gasteiger partial charge on any atom is 0.264 e. The number of ether oxygens (including phenoxy) is 1. The van der Waals surface area contributed by atoms with Crippen LogP contribution in [0.4, 0.5) is 5.69 Å². The Morgan fingerprint density at radius 1 is 0.875 bits per heavy atom. The van der Waals surface area contributed by atoms with Crippen LogP contribution in [0.2, 0.25) is 0 Å². The molecule has 1 atom stereocenters. The quantitative estimate of drug-likeness (QED) is 0.301. The average Bonchev–Trinajstić information content (AvgIpc) is 2.96. The summed E-state index contributed by atoms with van der Waals surface area (Å²) in [6, 6.07) is 23.2. The summed E-state index contributed by atoms with van der Waals surface area (Å²) in [6.07, 6.45) is 0.374. The SMILES string of the molecule is CCOc1ccc(S(=O)(=O)N(CC(=O)N(Cc2ccccc2)[C@H](CC)C(=O)NCC(C)C)c2ccccc2)cc1. The summed E-state index contributed by atoms with van der Waals surface area (Å²) in [6.45, 7) is 8.31. The van der Waals surface area contributed by atoms with Crippen LogP contribution in [-0.2, 0) is 26.2 Å². The van der Waals surface area contributed by atoms with Gasteiger partial charge in [-0.15, -0.1) is 0 Å². The van der Waals surface area contributed by atoms with Gasteiger partial charge in [0, 0.05) is 13.1 Å². The van der Waals surface area contributed by atoms with Crippen LogP contribution in [0.5, 0.6) is 5.75 Å². The van der Waals surface area contributed by atoms with E-state index in [4.69, 9.17) is 4.74 Å². The van der Waals surface area contributed by atoms with Gasteiger partial charge in [-0.2, -0.15) is 0 Å². The normalized spacial score (nSPS) is 12.0. The van der Waals surface area contributed by atoms with Crippen molar-refractivity contribution >= 4 is 27.5 Å². The van der Waals surface area contributed by atoms with E-state index in [0.717, 1.165) is 9.87 Å². The highest BCUT2D eigenvalue weighted by Gasteiger charge is 2.33. The van der Waals surface area contributed by atoms with Gasteiger partial charge in [-0.25, -0.2) is 8.42 Å². The Labute approximate surface area is 238 Å². The van der Waals surface area contributed by atoms with Gasteiger partial charge in [0.1, 0.15) is 18.3 Å². The largest absolute Gasteiger partial charge is 0.494 e. The lowest BCUT2D eigenvalue weighted by molar-refractivity contribution is -0.140. The first-order valence-electron chi connectivity index (χ1n) is 13.6. The highest BCUT2D eigenvalue weighted by Crippen LogP contribution is 2.26. The third-order valence-electron chi connectivity index (χ3n) is 6.31. The highest BCUT2D eigenvalue weighted by molar-refractivity contribution is 7.92. The first-order chi connectivity index (χ1) is 19.2. The molecule has 0 spiro atoms. The smallest absolute Gasteiger partial charge is 0.264 e. The maximum atomic E-state index is 14.0. The Hall–Kier alpha value is -3.85. The van der Waals surface area contributed by atoms with E-state index in [1.807, 2.05) is 58.0 Å². The number of rotatable bonds is 14. The van der Waals surface area contributed by atoms with Gasteiger partial charge in [0.25, 0.3) is 10.0 Å². The Kier molecular flexibility index (Phi) is 11.1. The van der Waals surface area contributed by atoms with Crippen molar-refractivity contribution in [3.8, 4) is 5.75 Å². The van der Waals surface area contributed by atoms with Gasteiger partial charge >= 0.3 is 0 Å². The summed E-state index contributed by atoms with van der Waals surface area (Å²) < 4.78 is 34.4. The molecule has 2 amide bonds. The fourth-order valence-corrected chi connectivity index (χ4v) is 5.66. The van der Waals surface area contributed by atoms with Crippen LogP contribution in [0.1, 0.15) is 39.7 Å². The first-order valence-corrected chi connectivity index (χ1v) is 15.0. The van der Waals surface area contributed by atoms with Gasteiger partial charge in [-0.05, 0) is 61.2 Å². The van der Waals surface area contributed by atoms with E-state index in [1.165, 1.54) is 17.0 Å². The van der Waals surface area contributed by atoms with Crippen molar-refractivity contribution in [1.29, 1.82) is 0 Å². The molecule has 3 aromatic carbocycles. The lowest BCUT2D eigenvalue weighted by atomic mass is 10.1. The van der Waals surface area contributed by atoms with Crippen molar-refractivity contribution in [3.05, 3.63) is 90.5 Å². The average molecular weight is 566 g/mol. The maximum absolute atomic E-state index is 14.0. The van der Waals surface area contributed by atoms with Gasteiger partial charge in [0.05, 0.1) is 17.2 Å². The lowest BCUT2D eigenvalue weighted by Gasteiger charge is -2.33. The van der Waals surface area contributed by atoms with Crippen molar-refractivity contribution in [3.63, 3.8) is 0 Å². The van der Waals surface area contributed by atoms with Crippen molar-refractivity contribution in [2.45, 2.75) is 51.6 Å². The zero-order valence-corrected chi connectivity index (χ0v) is 24.4. The third kappa shape index (κ3) is 8.08. The molecule has 0 unspecified atom stereocenters. The van der Waals surface area contributed by atoms with E-state index in [9.17, 15) is 18.0 Å². The number of nitrogens with zero attached hydrogens (tertiary/aromatic N) is 2. The predicted octanol–water partition coefficient (Wildman–Crippen LogP) is 4.86. The molecule has 3 aromatic rings. The molecule has 0 aliphatic rings. The second-order valence-corrected chi connectivity index (χ2v) is 11.7. The van der Waals surface area contributed by atoms with Crippen LogP contribution >= 0.6 is 0 Å². The zero-order valence-electron chi connectivity index (χ0n) is 23.6. The summed E-state index contributed by atoms with van der Waals surface area (Å²) in [5, 5.41) is 2.93. The Morgan fingerprint density at radius 3 is 2.02 bits per heavy atom. The minimum atomic E-state index is -4.13. The monoisotopic (exact) mass is 565 g/mol. The number of carbonyl (C=O) groups is 2. The van der Waals surface area contributed by atoms with Crippen molar-refractivity contribution < 1.29 is 22.7 Å². The van der Waals surface area contributed by atoms with Crippen LogP contribution < -0.4 is 14.4 Å². The summed E-state index contributed by atoms with van der Waals surface area (Å²) in [5.74, 6) is 0.0541. The van der Waals surface area contributed by atoms with Gasteiger partial charge < -0.3 is 15.0 Å². The van der Waals surface area contributed by atoms with Crippen molar-refractivity contribution in [2.75, 3.05) is 24.0 Å². The topological polar surface area (TPSA) is 96.0 Å². The molecule has 3 rings (SSSR count). The molecule has 8 nitrogen and oxygen atoms in total. The molecule has 0 saturated carbocycles. The van der Waals surface area contributed by atoms with E-state index in [-0.39, 0.29) is 23.3 Å². The number of sulfonamides is 1. The van der Waals surface area contributed by atoms with Gasteiger partial charge in [-0.3, -0.25) is 13.9 Å². The van der Waals surface area contributed by atoms with Crippen LogP contribution in [0.15, 0.2) is 89.8 Å². The van der Waals surface area contributed by atoms with Crippen molar-refractivity contribution in [1.82, 2.24) is 10.2 Å². The Balaban J connectivity index is 1.99. The highest BCUT2D eigenvalue weighted by atomic mass is 32.2. The van der Waals surface area contributed by atoms with Gasteiger partial charge in [-0.1, -0.05) is 69.3 Å². The second-order valence-electron chi connectivity index (χ2n) is 9.82. The molecule has 9 heteroatoms. The molecular formula is C31H39N3O5S. The van der Waals surface area contributed by atoms with E-state index < -0.39 is 28.5 Å². The summed E-state index contributed by atoms with van der Waals surface area (Å²) in [7, 11) is -4.13. The van der Waals surface area contributed by atoms with Crippen LogP contribution in [0.25, 0.3) is 0 Å². The lowest BCUT2D eigenvalue weighted by Crippen LogP contribution is -2.52. The second kappa shape index (κ2) is 14.5. The zero-order chi connectivity index (χ0) is 29.1. The third-order valence-corrected chi connectivity index (χ3v) is 8.10. The minimum absolute atomic E-state index is 0.0314. The van der Waals surface area contributed by atoms with E-state index in [2.05, 4.69) is 5.32 Å². The number of hydrogen-bond acceptors (Lipinski definition) is 5. The Morgan fingerprint density at radius 2 is 1.48 bits per heavy atom. The fraction of sp³-hybridized carbons (Fsp3) is 0.355. The standard InChI is InChI=1S/C31H39N3O5S/c1-5-29(31(36)32-21-24(3)4)33(22-25-13-9-7-10-14-25)30(35)23-34(26-15-11-8-12-16-26)40(37,38)28-19-17-27(18-20-28)39-6-2/h7-20,24,29H,5-6,21-23H2,1-4H3,(H,32,36)/t29-/m1/s1. The molecule has 0 heterocycles. The summed E-state index contributed by atoms with van der Waals surface area (Å²) in [4.78, 5) is 28.7. The number of benzene rings is 3. The van der Waals surface area contributed by atoms with Crippen LogP contribution in [0, 0.1) is 5.92 Å². The molecule has 0 aliphatic carbocycles. The number of hydrogen-bond donors (Lipinski definition) is 1. The van der Waals surface area contributed by atoms with Gasteiger partial charge in [0.2, 0.25) is 11.8 Å². The van der Waals surface area contributed by atoms with Crippen molar-refractivity contribution in [2.24, 2.45) is 5.92 Å². The van der Waals surface area contributed by atoms with Crippen LogP contribution in [0.3, 0.4) is 0 Å². The molecule has 0 aromatic heterocycles. The number of carbonyl (C=O) groups excluding carboxylic acids is 2. The number of anilines is 1. The molecule has 0 radical (unpaired) electrons. The molecule has 1 N–H and O–H groups in total. The van der Waals surface area contributed by atoms with E-state index in [0.29, 0.717) is 31.0 Å². The molecule has 40 heavy (non-hydrogen) atoms.